The van der Waals surface area contributed by atoms with Crippen molar-refractivity contribution in [3.8, 4) is 0 Å². The molecule has 0 aliphatic heterocycles. The summed E-state index contributed by atoms with van der Waals surface area (Å²) in [6.45, 7) is 0.414. The molecule has 2 N–H and O–H groups in total. The van der Waals surface area contributed by atoms with Crippen molar-refractivity contribution in [2.24, 2.45) is 0 Å². The number of hydrogen-bond acceptors (Lipinski definition) is 2. The lowest BCUT2D eigenvalue weighted by Gasteiger charge is -2.03. The van der Waals surface area contributed by atoms with Crippen molar-refractivity contribution in [3.63, 3.8) is 0 Å². The number of nitrogens with one attached hydrogen (secondary N) is 1. The highest BCUT2D eigenvalue weighted by Gasteiger charge is 2.20. The number of benzene rings is 1. The van der Waals surface area contributed by atoms with Crippen LogP contribution in [0.3, 0.4) is 0 Å². The Morgan fingerprint density at radius 3 is 2.60 bits per heavy atom. The SMILES string of the molecule is Fc1ccccc1CNC1CC1.O=CO. The average Bonchev–Trinajstić information content (AvgIpc) is 3.02. The van der Waals surface area contributed by atoms with Gasteiger partial charge in [-0.05, 0) is 18.9 Å². The van der Waals surface area contributed by atoms with Crippen LogP contribution in [-0.4, -0.2) is 17.6 Å². The molecule has 0 aromatic heterocycles. The van der Waals surface area contributed by atoms with E-state index in [9.17, 15) is 4.39 Å². The Morgan fingerprint density at radius 2 is 2.07 bits per heavy atom. The Balaban J connectivity index is 0.000000337. The zero-order valence-electron chi connectivity index (χ0n) is 8.32. The van der Waals surface area contributed by atoms with Crippen LogP contribution in [0.4, 0.5) is 4.39 Å². The van der Waals surface area contributed by atoms with Gasteiger partial charge in [0.15, 0.2) is 0 Å². The van der Waals surface area contributed by atoms with Crippen molar-refractivity contribution in [2.75, 3.05) is 0 Å². The van der Waals surface area contributed by atoms with E-state index in [1.165, 1.54) is 18.9 Å². The highest BCUT2D eigenvalue weighted by molar-refractivity contribution is 5.32. The third-order valence-corrected chi connectivity index (χ3v) is 2.12. The van der Waals surface area contributed by atoms with Gasteiger partial charge in [-0.1, -0.05) is 18.2 Å². The van der Waals surface area contributed by atoms with E-state index in [0.29, 0.717) is 12.6 Å². The molecule has 1 aliphatic carbocycles. The largest absolute Gasteiger partial charge is 0.483 e. The van der Waals surface area contributed by atoms with Gasteiger partial charge in [-0.15, -0.1) is 0 Å². The van der Waals surface area contributed by atoms with Gasteiger partial charge in [0.05, 0.1) is 0 Å². The molecule has 1 aliphatic rings. The van der Waals surface area contributed by atoms with Gasteiger partial charge < -0.3 is 10.4 Å². The third-order valence-electron chi connectivity index (χ3n) is 2.12. The molecule has 0 spiro atoms. The Labute approximate surface area is 87.9 Å². The van der Waals surface area contributed by atoms with Crippen molar-refractivity contribution < 1.29 is 14.3 Å². The van der Waals surface area contributed by atoms with E-state index >= 15 is 0 Å². The van der Waals surface area contributed by atoms with Gasteiger partial charge in [0.2, 0.25) is 0 Å². The van der Waals surface area contributed by atoms with Crippen LogP contribution in [-0.2, 0) is 11.3 Å². The summed E-state index contributed by atoms with van der Waals surface area (Å²) in [6, 6.07) is 7.56. The summed E-state index contributed by atoms with van der Waals surface area (Å²) in [5, 5.41) is 10.2. The smallest absolute Gasteiger partial charge is 0.290 e. The zero-order chi connectivity index (χ0) is 11.1. The summed E-state index contributed by atoms with van der Waals surface area (Å²) in [5.41, 5.74) is 0.768. The molecule has 1 aromatic carbocycles. The normalized spacial score (nSPS) is 13.9. The summed E-state index contributed by atoms with van der Waals surface area (Å²) >= 11 is 0. The van der Waals surface area contributed by atoms with E-state index in [1.807, 2.05) is 12.1 Å². The van der Waals surface area contributed by atoms with E-state index in [-0.39, 0.29) is 12.3 Å². The number of carbonyl (C=O) groups is 1. The molecule has 0 heterocycles. The highest BCUT2D eigenvalue weighted by Crippen LogP contribution is 2.19. The molecule has 15 heavy (non-hydrogen) atoms. The van der Waals surface area contributed by atoms with Crippen molar-refractivity contribution >= 4 is 6.47 Å². The van der Waals surface area contributed by atoms with Crippen molar-refractivity contribution in [3.05, 3.63) is 35.6 Å². The maximum atomic E-state index is 13.0. The number of halogens is 1. The molecular formula is C11H14FNO2. The van der Waals surface area contributed by atoms with Crippen LogP contribution in [0, 0.1) is 5.82 Å². The Kier molecular flexibility index (Phi) is 4.77. The number of hydrogen-bond donors (Lipinski definition) is 2. The minimum Gasteiger partial charge on any atom is -0.483 e. The third kappa shape index (κ3) is 4.56. The fourth-order valence-corrected chi connectivity index (χ4v) is 1.18. The lowest BCUT2D eigenvalue weighted by molar-refractivity contribution is -0.122. The van der Waals surface area contributed by atoms with Crippen LogP contribution in [0.5, 0.6) is 0 Å². The monoisotopic (exact) mass is 211 g/mol. The van der Waals surface area contributed by atoms with Gasteiger partial charge in [0.25, 0.3) is 6.47 Å². The maximum absolute atomic E-state index is 13.0. The lowest BCUT2D eigenvalue weighted by Crippen LogP contribution is -2.16. The first-order chi connectivity index (χ1) is 7.27. The molecule has 0 radical (unpaired) electrons. The summed E-state index contributed by atoms with van der Waals surface area (Å²) in [6.07, 6.45) is 2.49. The van der Waals surface area contributed by atoms with Crippen LogP contribution in [0.25, 0.3) is 0 Å². The Morgan fingerprint density at radius 1 is 1.47 bits per heavy atom. The maximum Gasteiger partial charge on any atom is 0.290 e. The second-order valence-electron chi connectivity index (χ2n) is 3.35. The van der Waals surface area contributed by atoms with Crippen LogP contribution >= 0.6 is 0 Å². The first-order valence-electron chi connectivity index (χ1n) is 4.82. The fraction of sp³-hybridized carbons (Fsp3) is 0.364. The van der Waals surface area contributed by atoms with E-state index in [4.69, 9.17) is 9.90 Å². The van der Waals surface area contributed by atoms with Gasteiger partial charge in [-0.3, -0.25) is 4.79 Å². The standard InChI is InChI=1S/C10H12FN.CH2O2/c11-10-4-2-1-3-8(10)7-12-9-5-6-9;2-1-3/h1-4,9,12H,5-7H2;1H,(H,2,3). The second-order valence-corrected chi connectivity index (χ2v) is 3.35. The van der Waals surface area contributed by atoms with E-state index in [0.717, 1.165) is 5.56 Å². The van der Waals surface area contributed by atoms with Crippen LogP contribution < -0.4 is 5.32 Å². The van der Waals surface area contributed by atoms with Crippen LogP contribution in [0.15, 0.2) is 24.3 Å². The van der Waals surface area contributed by atoms with Gasteiger partial charge in [0, 0.05) is 18.2 Å². The topological polar surface area (TPSA) is 49.3 Å². The van der Waals surface area contributed by atoms with Gasteiger partial charge in [0.1, 0.15) is 5.82 Å². The molecule has 0 atom stereocenters. The van der Waals surface area contributed by atoms with Gasteiger partial charge >= 0.3 is 0 Å². The molecule has 0 saturated heterocycles. The van der Waals surface area contributed by atoms with Gasteiger partial charge in [-0.25, -0.2) is 4.39 Å². The fourth-order valence-electron chi connectivity index (χ4n) is 1.18. The van der Waals surface area contributed by atoms with E-state index in [1.54, 1.807) is 6.07 Å². The molecular weight excluding hydrogens is 197 g/mol. The summed E-state index contributed by atoms with van der Waals surface area (Å²) in [4.78, 5) is 8.36. The molecule has 0 unspecified atom stereocenters. The second kappa shape index (κ2) is 6.14. The molecule has 2 rings (SSSR count). The molecule has 82 valence electrons. The summed E-state index contributed by atoms with van der Waals surface area (Å²) in [7, 11) is 0. The number of rotatable bonds is 3. The first kappa shape index (κ1) is 11.7. The minimum atomic E-state index is -0.250. The zero-order valence-corrected chi connectivity index (χ0v) is 8.32. The molecule has 3 nitrogen and oxygen atoms in total. The molecule has 1 aromatic rings. The summed E-state index contributed by atoms with van der Waals surface area (Å²) in [5.74, 6) is -0.106. The quantitative estimate of drug-likeness (QED) is 0.749. The van der Waals surface area contributed by atoms with Crippen LogP contribution in [0.2, 0.25) is 0 Å². The predicted molar refractivity (Wildman–Crippen MR) is 55.0 cm³/mol. The molecule has 1 fully saturated rings. The Bertz CT molecular complexity index is 313. The predicted octanol–water partition coefficient (Wildman–Crippen LogP) is 1.78. The van der Waals surface area contributed by atoms with Crippen molar-refractivity contribution in [2.45, 2.75) is 25.4 Å². The first-order valence-corrected chi connectivity index (χ1v) is 4.82. The highest BCUT2D eigenvalue weighted by atomic mass is 19.1. The molecule has 4 heteroatoms. The van der Waals surface area contributed by atoms with E-state index in [2.05, 4.69) is 5.32 Å². The van der Waals surface area contributed by atoms with Gasteiger partial charge in [-0.2, -0.15) is 0 Å². The lowest BCUT2D eigenvalue weighted by atomic mass is 10.2. The van der Waals surface area contributed by atoms with Crippen molar-refractivity contribution in [1.82, 2.24) is 5.32 Å². The number of carboxylic acid groups (broad SMARTS) is 1. The van der Waals surface area contributed by atoms with Crippen LogP contribution in [0.1, 0.15) is 18.4 Å². The molecule has 1 saturated carbocycles. The van der Waals surface area contributed by atoms with E-state index < -0.39 is 0 Å². The van der Waals surface area contributed by atoms with Crippen molar-refractivity contribution in [1.29, 1.82) is 0 Å². The Hall–Kier alpha value is -1.42. The minimum absolute atomic E-state index is 0.106. The average molecular weight is 211 g/mol. The summed E-state index contributed by atoms with van der Waals surface area (Å²) < 4.78 is 13.0. The molecule has 0 bridgehead atoms. The molecule has 0 amide bonds.